The standard InChI is InChI=1S/C13H11BrClNO2S/c1-9-8-12(6-7-13(9)15)19(17,18)16-11-4-2-10(14)3-5-11/h2-8,16H,1H3. The van der Waals surface area contributed by atoms with Gasteiger partial charge in [0.25, 0.3) is 10.0 Å². The fourth-order valence-electron chi connectivity index (χ4n) is 1.52. The fourth-order valence-corrected chi connectivity index (χ4v) is 3.04. The van der Waals surface area contributed by atoms with Gasteiger partial charge in [-0.25, -0.2) is 8.42 Å². The third-order valence-corrected chi connectivity index (χ3v) is 4.87. The van der Waals surface area contributed by atoms with E-state index in [2.05, 4.69) is 20.7 Å². The highest BCUT2D eigenvalue weighted by Gasteiger charge is 2.14. The van der Waals surface area contributed by atoms with Gasteiger partial charge in [-0.3, -0.25) is 4.72 Å². The largest absolute Gasteiger partial charge is 0.280 e. The molecule has 2 rings (SSSR count). The lowest BCUT2D eigenvalue weighted by Gasteiger charge is -2.09. The summed E-state index contributed by atoms with van der Waals surface area (Å²) in [6, 6.07) is 11.5. The Labute approximate surface area is 125 Å². The summed E-state index contributed by atoms with van der Waals surface area (Å²) in [6.07, 6.45) is 0. The maximum Gasteiger partial charge on any atom is 0.261 e. The Balaban J connectivity index is 2.32. The van der Waals surface area contributed by atoms with Gasteiger partial charge >= 0.3 is 0 Å². The van der Waals surface area contributed by atoms with E-state index in [-0.39, 0.29) is 4.90 Å². The van der Waals surface area contributed by atoms with Crippen molar-refractivity contribution in [3.63, 3.8) is 0 Å². The second kappa shape index (κ2) is 5.53. The van der Waals surface area contributed by atoms with E-state index in [1.54, 1.807) is 43.3 Å². The number of hydrogen-bond donors (Lipinski definition) is 1. The molecule has 0 aromatic heterocycles. The molecule has 19 heavy (non-hydrogen) atoms. The minimum atomic E-state index is -3.59. The minimum Gasteiger partial charge on any atom is -0.280 e. The van der Waals surface area contributed by atoms with Crippen molar-refractivity contribution in [1.82, 2.24) is 0 Å². The van der Waals surface area contributed by atoms with Crippen LogP contribution in [-0.2, 0) is 10.0 Å². The molecule has 0 radical (unpaired) electrons. The number of nitrogens with one attached hydrogen (secondary N) is 1. The molecule has 1 N–H and O–H groups in total. The van der Waals surface area contributed by atoms with Crippen LogP contribution in [0.5, 0.6) is 0 Å². The van der Waals surface area contributed by atoms with Crippen molar-refractivity contribution in [2.24, 2.45) is 0 Å². The van der Waals surface area contributed by atoms with E-state index in [4.69, 9.17) is 11.6 Å². The summed E-state index contributed by atoms with van der Waals surface area (Å²) in [5.41, 5.74) is 1.23. The second-order valence-electron chi connectivity index (χ2n) is 4.02. The van der Waals surface area contributed by atoms with Crippen molar-refractivity contribution in [2.45, 2.75) is 11.8 Å². The van der Waals surface area contributed by atoms with Crippen molar-refractivity contribution in [1.29, 1.82) is 0 Å². The molecule has 0 spiro atoms. The lowest BCUT2D eigenvalue weighted by atomic mass is 10.2. The summed E-state index contributed by atoms with van der Waals surface area (Å²) in [4.78, 5) is 0.192. The molecule has 0 aliphatic carbocycles. The Morgan fingerprint density at radius 1 is 1.11 bits per heavy atom. The summed E-state index contributed by atoms with van der Waals surface area (Å²) in [5, 5.41) is 0.544. The number of benzene rings is 2. The van der Waals surface area contributed by atoms with Crippen LogP contribution in [0.1, 0.15) is 5.56 Å². The van der Waals surface area contributed by atoms with Gasteiger partial charge in [-0.05, 0) is 55.0 Å². The minimum absolute atomic E-state index is 0.192. The average molecular weight is 361 g/mol. The van der Waals surface area contributed by atoms with Crippen molar-refractivity contribution in [3.8, 4) is 0 Å². The first-order valence-corrected chi connectivity index (χ1v) is 8.08. The smallest absolute Gasteiger partial charge is 0.261 e. The summed E-state index contributed by atoms with van der Waals surface area (Å²) < 4.78 is 27.8. The SMILES string of the molecule is Cc1cc(S(=O)(=O)Nc2ccc(Br)cc2)ccc1Cl. The molecule has 0 saturated carbocycles. The molecule has 0 unspecified atom stereocenters. The first kappa shape index (κ1) is 14.4. The average Bonchev–Trinajstić information content (AvgIpc) is 2.35. The number of aryl methyl sites for hydroxylation is 1. The van der Waals surface area contributed by atoms with E-state index in [9.17, 15) is 8.42 Å². The molecule has 3 nitrogen and oxygen atoms in total. The molecular weight excluding hydrogens is 350 g/mol. The number of halogens is 2. The molecule has 2 aromatic rings. The highest BCUT2D eigenvalue weighted by atomic mass is 79.9. The lowest BCUT2D eigenvalue weighted by molar-refractivity contribution is 0.601. The summed E-state index contributed by atoms with van der Waals surface area (Å²) in [7, 11) is -3.59. The van der Waals surface area contributed by atoms with Crippen molar-refractivity contribution >= 4 is 43.2 Å². The van der Waals surface area contributed by atoms with Crippen LogP contribution in [0.2, 0.25) is 5.02 Å². The van der Waals surface area contributed by atoms with E-state index >= 15 is 0 Å². The third kappa shape index (κ3) is 3.49. The van der Waals surface area contributed by atoms with Crippen LogP contribution in [-0.4, -0.2) is 8.42 Å². The van der Waals surface area contributed by atoms with Crippen LogP contribution >= 0.6 is 27.5 Å². The Hall–Kier alpha value is -1.04. The molecule has 0 aliphatic rings. The molecule has 100 valence electrons. The zero-order valence-electron chi connectivity index (χ0n) is 10.0. The summed E-state index contributed by atoms with van der Waals surface area (Å²) in [5.74, 6) is 0. The van der Waals surface area contributed by atoms with Gasteiger partial charge in [0.2, 0.25) is 0 Å². The molecule has 0 atom stereocenters. The Morgan fingerprint density at radius 2 is 1.74 bits per heavy atom. The zero-order chi connectivity index (χ0) is 14.0. The Kier molecular flexibility index (Phi) is 4.18. The van der Waals surface area contributed by atoms with E-state index in [0.717, 1.165) is 10.0 Å². The number of anilines is 1. The molecule has 0 bridgehead atoms. The van der Waals surface area contributed by atoms with Crippen molar-refractivity contribution in [2.75, 3.05) is 4.72 Å². The quantitative estimate of drug-likeness (QED) is 0.891. The third-order valence-electron chi connectivity index (χ3n) is 2.54. The molecular formula is C13H11BrClNO2S. The van der Waals surface area contributed by atoms with Crippen LogP contribution in [0.3, 0.4) is 0 Å². The van der Waals surface area contributed by atoms with E-state index < -0.39 is 10.0 Å². The highest BCUT2D eigenvalue weighted by molar-refractivity contribution is 9.10. The monoisotopic (exact) mass is 359 g/mol. The zero-order valence-corrected chi connectivity index (χ0v) is 13.2. The maximum absolute atomic E-state index is 12.2. The molecule has 0 aliphatic heterocycles. The van der Waals surface area contributed by atoms with Gasteiger partial charge in [0.05, 0.1) is 4.90 Å². The second-order valence-corrected chi connectivity index (χ2v) is 7.03. The van der Waals surface area contributed by atoms with Gasteiger partial charge in [-0.15, -0.1) is 0 Å². The normalized spacial score (nSPS) is 11.3. The van der Waals surface area contributed by atoms with Gasteiger partial charge in [0.1, 0.15) is 0 Å². The molecule has 0 fully saturated rings. The summed E-state index contributed by atoms with van der Waals surface area (Å²) in [6.45, 7) is 1.76. The molecule has 0 amide bonds. The first-order chi connectivity index (χ1) is 8.88. The van der Waals surface area contributed by atoms with Gasteiger partial charge in [-0.2, -0.15) is 0 Å². The van der Waals surface area contributed by atoms with Crippen LogP contribution in [0, 0.1) is 6.92 Å². The topological polar surface area (TPSA) is 46.2 Å². The van der Waals surface area contributed by atoms with Crippen molar-refractivity contribution in [3.05, 3.63) is 57.5 Å². The van der Waals surface area contributed by atoms with Gasteiger partial charge < -0.3 is 0 Å². The van der Waals surface area contributed by atoms with Gasteiger partial charge in [-0.1, -0.05) is 27.5 Å². The number of hydrogen-bond acceptors (Lipinski definition) is 2. The van der Waals surface area contributed by atoms with Gasteiger partial charge in [0.15, 0.2) is 0 Å². The molecule has 0 saturated heterocycles. The maximum atomic E-state index is 12.2. The van der Waals surface area contributed by atoms with Crippen molar-refractivity contribution < 1.29 is 8.42 Å². The summed E-state index contributed by atoms with van der Waals surface area (Å²) >= 11 is 9.18. The lowest BCUT2D eigenvalue weighted by Crippen LogP contribution is -2.13. The van der Waals surface area contributed by atoms with Crippen LogP contribution in [0.4, 0.5) is 5.69 Å². The Bertz CT molecular complexity index is 699. The number of rotatable bonds is 3. The van der Waals surface area contributed by atoms with E-state index in [1.165, 1.54) is 6.07 Å². The van der Waals surface area contributed by atoms with Crippen LogP contribution < -0.4 is 4.72 Å². The predicted molar refractivity (Wildman–Crippen MR) is 81.1 cm³/mol. The predicted octanol–water partition coefficient (Wildman–Crippen LogP) is 4.21. The van der Waals surface area contributed by atoms with Crippen LogP contribution in [0.25, 0.3) is 0 Å². The van der Waals surface area contributed by atoms with E-state index in [0.29, 0.717) is 10.7 Å². The van der Waals surface area contributed by atoms with E-state index in [1.807, 2.05) is 0 Å². The highest BCUT2D eigenvalue weighted by Crippen LogP contribution is 2.22. The molecule has 0 heterocycles. The molecule has 2 aromatic carbocycles. The first-order valence-electron chi connectivity index (χ1n) is 5.43. The number of sulfonamides is 1. The van der Waals surface area contributed by atoms with Gasteiger partial charge in [0, 0.05) is 15.2 Å². The van der Waals surface area contributed by atoms with Crippen LogP contribution in [0.15, 0.2) is 51.8 Å². The molecule has 6 heteroatoms. The fraction of sp³-hybridized carbons (Fsp3) is 0.0769. The Morgan fingerprint density at radius 3 is 2.32 bits per heavy atom.